The second-order valence-electron chi connectivity index (χ2n) is 7.00. The molecule has 2 aliphatic rings. The maximum atomic E-state index is 12.5. The van der Waals surface area contributed by atoms with E-state index in [-0.39, 0.29) is 24.3 Å². The van der Waals surface area contributed by atoms with Gasteiger partial charge in [0.25, 0.3) is 5.91 Å². The zero-order valence-electron chi connectivity index (χ0n) is 14.3. The van der Waals surface area contributed by atoms with Crippen LogP contribution in [0.5, 0.6) is 0 Å². The van der Waals surface area contributed by atoms with Gasteiger partial charge in [-0.2, -0.15) is 0 Å². The summed E-state index contributed by atoms with van der Waals surface area (Å²) >= 11 is 0. The van der Waals surface area contributed by atoms with Crippen molar-refractivity contribution in [3.8, 4) is 0 Å². The number of imide groups is 1. The van der Waals surface area contributed by atoms with E-state index in [0.717, 1.165) is 28.9 Å². The number of carbonyl (C=O) groups is 3. The van der Waals surface area contributed by atoms with Crippen molar-refractivity contribution in [3.05, 3.63) is 34.9 Å². The first-order chi connectivity index (χ1) is 11.3. The molecule has 0 aromatic heterocycles. The van der Waals surface area contributed by atoms with Gasteiger partial charge in [-0.25, -0.2) is 4.79 Å². The predicted octanol–water partition coefficient (Wildman–Crippen LogP) is 1.64. The molecule has 0 radical (unpaired) electrons. The minimum Gasteiger partial charge on any atom is -0.350 e. The number of hydrogen-bond acceptors (Lipinski definition) is 3. The summed E-state index contributed by atoms with van der Waals surface area (Å²) in [6, 6.07) is 5.55. The number of nitrogens with zero attached hydrogens (tertiary/aromatic N) is 1. The largest absolute Gasteiger partial charge is 0.350 e. The summed E-state index contributed by atoms with van der Waals surface area (Å²) in [6.07, 6.45) is 1.88. The van der Waals surface area contributed by atoms with E-state index in [0.29, 0.717) is 6.54 Å². The summed E-state index contributed by atoms with van der Waals surface area (Å²) < 4.78 is 0. The molecule has 1 unspecified atom stereocenters. The molecule has 0 bridgehead atoms. The third-order valence-electron chi connectivity index (χ3n) is 4.97. The average molecular weight is 329 g/mol. The minimum absolute atomic E-state index is 0.192. The van der Waals surface area contributed by atoms with E-state index in [1.807, 2.05) is 26.0 Å². The highest BCUT2D eigenvalue weighted by Gasteiger charge is 2.56. The van der Waals surface area contributed by atoms with Gasteiger partial charge in [0.2, 0.25) is 5.91 Å². The van der Waals surface area contributed by atoms with Gasteiger partial charge in [-0.1, -0.05) is 23.8 Å². The fourth-order valence-electron chi connectivity index (χ4n) is 3.23. The zero-order valence-corrected chi connectivity index (χ0v) is 14.3. The quantitative estimate of drug-likeness (QED) is 0.806. The van der Waals surface area contributed by atoms with E-state index in [4.69, 9.17) is 0 Å². The van der Waals surface area contributed by atoms with Crippen molar-refractivity contribution < 1.29 is 14.4 Å². The van der Waals surface area contributed by atoms with Crippen LogP contribution in [-0.4, -0.2) is 34.8 Å². The van der Waals surface area contributed by atoms with Crippen LogP contribution in [-0.2, 0) is 16.1 Å². The number of nitrogens with one attached hydrogen (secondary N) is 2. The molecule has 1 atom stereocenters. The monoisotopic (exact) mass is 329 g/mol. The van der Waals surface area contributed by atoms with Crippen LogP contribution >= 0.6 is 0 Å². The van der Waals surface area contributed by atoms with Crippen LogP contribution in [0.25, 0.3) is 0 Å². The standard InChI is InChI=1S/C18H23N3O3/c1-11-4-5-13(12(2)8-11)9-19-15(22)10-21-16(23)18(3,14-6-7-14)20-17(21)24/h4-5,8,14H,6-7,9-10H2,1-3H3,(H,19,22)(H,20,24). The smallest absolute Gasteiger partial charge is 0.325 e. The molecular weight excluding hydrogens is 306 g/mol. The van der Waals surface area contributed by atoms with E-state index in [9.17, 15) is 14.4 Å². The molecule has 128 valence electrons. The van der Waals surface area contributed by atoms with E-state index < -0.39 is 11.6 Å². The van der Waals surface area contributed by atoms with Gasteiger partial charge in [0.15, 0.2) is 0 Å². The predicted molar refractivity (Wildman–Crippen MR) is 89.1 cm³/mol. The second kappa shape index (κ2) is 5.92. The Kier molecular flexibility index (Phi) is 4.07. The average Bonchev–Trinajstić information content (AvgIpc) is 3.33. The van der Waals surface area contributed by atoms with Crippen LogP contribution < -0.4 is 10.6 Å². The van der Waals surface area contributed by atoms with Gasteiger partial charge in [0.1, 0.15) is 12.1 Å². The highest BCUT2D eigenvalue weighted by molar-refractivity contribution is 6.09. The van der Waals surface area contributed by atoms with Gasteiger partial charge in [0, 0.05) is 6.54 Å². The molecule has 0 spiro atoms. The SMILES string of the molecule is Cc1ccc(CNC(=O)CN2C(=O)NC(C)(C3CC3)C2=O)c(C)c1. The Morgan fingerprint density at radius 1 is 1.33 bits per heavy atom. The summed E-state index contributed by atoms with van der Waals surface area (Å²) in [7, 11) is 0. The summed E-state index contributed by atoms with van der Waals surface area (Å²) in [6.45, 7) is 5.90. The van der Waals surface area contributed by atoms with Crippen molar-refractivity contribution in [2.75, 3.05) is 6.54 Å². The van der Waals surface area contributed by atoms with Crippen LogP contribution in [0.4, 0.5) is 4.79 Å². The van der Waals surface area contributed by atoms with Crippen molar-refractivity contribution >= 4 is 17.8 Å². The molecule has 1 saturated heterocycles. The number of amides is 4. The van der Waals surface area contributed by atoms with Crippen LogP contribution in [0.15, 0.2) is 18.2 Å². The summed E-state index contributed by atoms with van der Waals surface area (Å²) in [5.41, 5.74) is 2.45. The Morgan fingerprint density at radius 3 is 2.67 bits per heavy atom. The number of aryl methyl sites for hydroxylation is 2. The molecule has 1 aromatic rings. The van der Waals surface area contributed by atoms with Gasteiger partial charge in [0.05, 0.1) is 0 Å². The van der Waals surface area contributed by atoms with Crippen LogP contribution in [0.1, 0.15) is 36.5 Å². The highest BCUT2D eigenvalue weighted by atomic mass is 16.2. The summed E-state index contributed by atoms with van der Waals surface area (Å²) in [4.78, 5) is 37.7. The number of rotatable bonds is 5. The lowest BCUT2D eigenvalue weighted by molar-refractivity contribution is -0.135. The molecule has 6 heteroatoms. The van der Waals surface area contributed by atoms with Crippen molar-refractivity contribution in [3.63, 3.8) is 0 Å². The molecule has 24 heavy (non-hydrogen) atoms. The number of carbonyl (C=O) groups excluding carboxylic acids is 3. The van der Waals surface area contributed by atoms with Gasteiger partial charge >= 0.3 is 6.03 Å². The Bertz CT molecular complexity index is 711. The molecule has 2 fully saturated rings. The van der Waals surface area contributed by atoms with Crippen molar-refractivity contribution in [2.24, 2.45) is 5.92 Å². The van der Waals surface area contributed by atoms with Gasteiger partial charge in [-0.3, -0.25) is 14.5 Å². The molecule has 1 aliphatic carbocycles. The maximum Gasteiger partial charge on any atom is 0.325 e. The first-order valence-electron chi connectivity index (χ1n) is 8.28. The molecule has 1 heterocycles. The minimum atomic E-state index is -0.842. The van der Waals surface area contributed by atoms with Gasteiger partial charge in [-0.05, 0) is 50.7 Å². The molecule has 4 amide bonds. The summed E-state index contributed by atoms with van der Waals surface area (Å²) in [5.74, 6) is -0.438. The second-order valence-corrected chi connectivity index (χ2v) is 7.00. The molecule has 1 aromatic carbocycles. The Hall–Kier alpha value is -2.37. The van der Waals surface area contributed by atoms with Crippen molar-refractivity contribution in [2.45, 2.75) is 45.7 Å². The molecule has 1 saturated carbocycles. The molecule has 6 nitrogen and oxygen atoms in total. The highest BCUT2D eigenvalue weighted by Crippen LogP contribution is 2.42. The Balaban J connectivity index is 1.58. The number of urea groups is 1. The molecule has 3 rings (SSSR count). The van der Waals surface area contributed by atoms with Crippen LogP contribution in [0.3, 0.4) is 0 Å². The summed E-state index contributed by atoms with van der Waals surface area (Å²) in [5, 5.41) is 5.53. The van der Waals surface area contributed by atoms with E-state index >= 15 is 0 Å². The Labute approximate surface area is 141 Å². The first kappa shape index (κ1) is 16.5. The van der Waals surface area contributed by atoms with Crippen molar-refractivity contribution in [1.29, 1.82) is 0 Å². The van der Waals surface area contributed by atoms with Crippen LogP contribution in [0, 0.1) is 19.8 Å². The lowest BCUT2D eigenvalue weighted by Gasteiger charge is -2.20. The van der Waals surface area contributed by atoms with E-state index in [1.54, 1.807) is 6.92 Å². The van der Waals surface area contributed by atoms with E-state index in [2.05, 4.69) is 16.7 Å². The van der Waals surface area contributed by atoms with Crippen LogP contribution in [0.2, 0.25) is 0 Å². The first-order valence-corrected chi connectivity index (χ1v) is 8.28. The molecule has 1 aliphatic heterocycles. The fraction of sp³-hybridized carbons (Fsp3) is 0.500. The molecular formula is C18H23N3O3. The van der Waals surface area contributed by atoms with Gasteiger partial charge in [-0.15, -0.1) is 0 Å². The normalized spacial score (nSPS) is 23.4. The maximum absolute atomic E-state index is 12.5. The van der Waals surface area contributed by atoms with Gasteiger partial charge < -0.3 is 10.6 Å². The Morgan fingerprint density at radius 2 is 2.04 bits per heavy atom. The fourth-order valence-corrected chi connectivity index (χ4v) is 3.23. The van der Waals surface area contributed by atoms with E-state index in [1.165, 1.54) is 5.56 Å². The topological polar surface area (TPSA) is 78.5 Å². The number of benzene rings is 1. The molecule has 2 N–H and O–H groups in total. The third-order valence-corrected chi connectivity index (χ3v) is 4.97. The number of hydrogen-bond donors (Lipinski definition) is 2. The third kappa shape index (κ3) is 3.00. The van der Waals surface area contributed by atoms with Crippen molar-refractivity contribution in [1.82, 2.24) is 15.5 Å². The zero-order chi connectivity index (χ0) is 17.5. The lowest BCUT2D eigenvalue weighted by Crippen LogP contribution is -2.46. The lowest BCUT2D eigenvalue weighted by atomic mass is 9.96.